The first-order chi connectivity index (χ1) is 27.0. The Labute approximate surface area is 295 Å². The molecule has 51 heavy (non-hydrogen) atoms. The second-order valence-electron chi connectivity index (χ2n) is 12.9. The third kappa shape index (κ3) is 3.51. The minimum atomic E-state index is -0.276. The Balaban J connectivity index is 1.18. The highest BCUT2D eigenvalue weighted by Gasteiger charge is 2.21. The molecule has 0 aliphatic heterocycles. The summed E-state index contributed by atoms with van der Waals surface area (Å²) in [5, 5.41) is 1.20. The Morgan fingerprint density at radius 3 is 1.51 bits per heavy atom. The van der Waals surface area contributed by atoms with Crippen molar-refractivity contribution in [1.82, 2.24) is 32.5 Å². The summed E-state index contributed by atoms with van der Waals surface area (Å²) in [7, 11) is 0. The van der Waals surface area contributed by atoms with Gasteiger partial charge in [-0.25, -0.2) is 9.97 Å². The number of aromatic nitrogens is 7. The van der Waals surface area contributed by atoms with E-state index >= 15 is 0 Å². The molecule has 0 radical (unpaired) electrons. The molecular formula is C44H27N7. The SMILES string of the molecule is [2H]c1c([2H])c([2H])c2c(c1[2H])c1ccc(-n3c4ccccc4n4c5ccccc5nc34)cc1n2-c1cccc(-n2c3ccccc3n3c4ccccc4nc23)c1. The molecule has 238 valence electrons. The van der Waals surface area contributed by atoms with Crippen molar-refractivity contribution >= 4 is 77.5 Å². The molecule has 12 rings (SSSR count). The summed E-state index contributed by atoms with van der Waals surface area (Å²) >= 11 is 0. The van der Waals surface area contributed by atoms with Crippen LogP contribution in [0, 0.1) is 0 Å². The van der Waals surface area contributed by atoms with Gasteiger partial charge in [-0.1, -0.05) is 78.8 Å². The Morgan fingerprint density at radius 2 is 0.882 bits per heavy atom. The normalized spacial score (nSPS) is 13.4. The van der Waals surface area contributed by atoms with Crippen molar-refractivity contribution in [2.24, 2.45) is 0 Å². The zero-order valence-electron chi connectivity index (χ0n) is 30.9. The summed E-state index contributed by atoms with van der Waals surface area (Å²) in [6.45, 7) is 0. The van der Waals surface area contributed by atoms with E-state index in [9.17, 15) is 1.37 Å². The van der Waals surface area contributed by atoms with Crippen LogP contribution in [0.25, 0.3) is 94.6 Å². The van der Waals surface area contributed by atoms with Crippen molar-refractivity contribution in [3.63, 3.8) is 0 Å². The van der Waals surface area contributed by atoms with Crippen LogP contribution >= 0.6 is 0 Å². The summed E-state index contributed by atoms with van der Waals surface area (Å²) in [5.41, 5.74) is 11.5. The molecule has 5 heterocycles. The van der Waals surface area contributed by atoms with Crippen LogP contribution in [0.5, 0.6) is 0 Å². The molecule has 0 fully saturated rings. The third-order valence-electron chi connectivity index (χ3n) is 10.2. The lowest BCUT2D eigenvalue weighted by Gasteiger charge is -2.12. The van der Waals surface area contributed by atoms with Crippen molar-refractivity contribution in [3.05, 3.63) is 164 Å². The number of para-hydroxylation sites is 9. The van der Waals surface area contributed by atoms with Gasteiger partial charge in [0, 0.05) is 16.5 Å². The molecule has 0 aliphatic rings. The van der Waals surface area contributed by atoms with Crippen molar-refractivity contribution in [1.29, 1.82) is 0 Å². The Hall–Kier alpha value is -7.12. The first-order valence-corrected chi connectivity index (χ1v) is 16.9. The van der Waals surface area contributed by atoms with Crippen LogP contribution in [0.15, 0.2) is 164 Å². The molecule has 0 amide bonds. The molecule has 0 atom stereocenters. The smallest absolute Gasteiger partial charge is 0.220 e. The average Bonchev–Trinajstić information content (AvgIpc) is 4.01. The molecule has 7 aromatic carbocycles. The molecule has 7 heteroatoms. The standard InChI is InChI=1S/C44H27N7/c1-4-17-35-31(14-1)32-25-24-30(49-39-21-8-10-23-41(39)51-37-19-6-3-16-34(37)46-44(49)51)27-42(32)47(35)28-12-11-13-29(26-28)48-38-20-7-9-22-40(38)50-36-18-5-2-15-33(36)45-43(48)50/h1-27H/i1D,4D,14D,17D. The maximum Gasteiger partial charge on any atom is 0.220 e. The predicted molar refractivity (Wildman–Crippen MR) is 207 cm³/mol. The molecule has 0 bridgehead atoms. The molecule has 7 nitrogen and oxygen atoms in total. The van der Waals surface area contributed by atoms with Gasteiger partial charge in [-0.05, 0) is 84.9 Å². The molecular weight excluding hydrogens is 627 g/mol. The van der Waals surface area contributed by atoms with Crippen LogP contribution in [0.1, 0.15) is 5.48 Å². The number of fused-ring (bicyclic) bond motifs is 13. The number of imidazole rings is 4. The Bertz CT molecular complexity index is 3620. The van der Waals surface area contributed by atoms with Crippen molar-refractivity contribution in [2.75, 3.05) is 0 Å². The predicted octanol–water partition coefficient (Wildman–Crippen LogP) is 10.3. The van der Waals surface area contributed by atoms with Crippen LogP contribution in [0.4, 0.5) is 0 Å². The van der Waals surface area contributed by atoms with Crippen molar-refractivity contribution < 1.29 is 5.48 Å². The Kier molecular flexibility index (Phi) is 4.44. The van der Waals surface area contributed by atoms with Crippen molar-refractivity contribution in [2.45, 2.75) is 0 Å². The fourth-order valence-corrected chi connectivity index (χ4v) is 8.09. The molecule has 0 spiro atoms. The van der Waals surface area contributed by atoms with Crippen LogP contribution in [-0.2, 0) is 0 Å². The topological polar surface area (TPSA) is 49.4 Å². The lowest BCUT2D eigenvalue weighted by Crippen LogP contribution is -2.00. The van der Waals surface area contributed by atoms with Crippen LogP contribution < -0.4 is 0 Å². The summed E-state index contributed by atoms with van der Waals surface area (Å²) in [6.07, 6.45) is 0. The van der Waals surface area contributed by atoms with Crippen molar-refractivity contribution in [3.8, 4) is 17.1 Å². The average molecular weight is 658 g/mol. The van der Waals surface area contributed by atoms with Crippen LogP contribution in [0.2, 0.25) is 0 Å². The largest absolute Gasteiger partial charge is 0.309 e. The molecule has 5 aromatic heterocycles. The zero-order valence-corrected chi connectivity index (χ0v) is 26.9. The summed E-state index contributed by atoms with van der Waals surface area (Å²) in [4.78, 5) is 10.2. The van der Waals surface area contributed by atoms with Crippen LogP contribution in [-0.4, -0.2) is 32.5 Å². The van der Waals surface area contributed by atoms with Gasteiger partial charge in [0.15, 0.2) is 0 Å². The summed E-state index contributed by atoms with van der Waals surface area (Å²) in [5.74, 6) is 1.55. The van der Waals surface area contributed by atoms with Gasteiger partial charge in [0.2, 0.25) is 11.6 Å². The van der Waals surface area contributed by atoms with Gasteiger partial charge >= 0.3 is 0 Å². The van der Waals surface area contributed by atoms with Gasteiger partial charge in [-0.2, -0.15) is 0 Å². The van der Waals surface area contributed by atoms with E-state index in [1.165, 1.54) is 0 Å². The van der Waals surface area contributed by atoms with Gasteiger partial charge < -0.3 is 4.57 Å². The lowest BCUT2D eigenvalue weighted by atomic mass is 10.1. The van der Waals surface area contributed by atoms with Gasteiger partial charge in [-0.15, -0.1) is 0 Å². The fourth-order valence-electron chi connectivity index (χ4n) is 8.09. The molecule has 0 saturated heterocycles. The maximum absolute atomic E-state index is 9.24. The van der Waals surface area contributed by atoms with Gasteiger partial charge in [0.05, 0.1) is 72.0 Å². The van der Waals surface area contributed by atoms with E-state index in [0.717, 1.165) is 83.7 Å². The highest BCUT2D eigenvalue weighted by molar-refractivity contribution is 6.10. The summed E-state index contributed by atoms with van der Waals surface area (Å²) in [6, 6.07) is 46.2. The van der Waals surface area contributed by atoms with E-state index < -0.39 is 0 Å². The Morgan fingerprint density at radius 1 is 0.373 bits per heavy atom. The first kappa shape index (κ1) is 23.3. The maximum atomic E-state index is 9.24. The van der Waals surface area contributed by atoms with E-state index in [1.807, 2.05) is 89.5 Å². The number of nitrogens with zero attached hydrogens (tertiary/aromatic N) is 7. The van der Waals surface area contributed by atoms with Gasteiger partial charge in [0.1, 0.15) is 0 Å². The monoisotopic (exact) mass is 657 g/mol. The highest BCUT2D eigenvalue weighted by Crippen LogP contribution is 2.37. The van der Waals surface area contributed by atoms with Crippen LogP contribution in [0.3, 0.4) is 0 Å². The molecule has 0 aliphatic carbocycles. The third-order valence-corrected chi connectivity index (χ3v) is 10.2. The van der Waals surface area contributed by atoms with Gasteiger partial charge in [0.25, 0.3) is 0 Å². The molecule has 0 saturated carbocycles. The molecule has 12 aromatic rings. The van der Waals surface area contributed by atoms with E-state index in [2.05, 4.69) is 72.5 Å². The molecule has 0 unspecified atom stereocenters. The first-order valence-electron chi connectivity index (χ1n) is 18.9. The van der Waals surface area contributed by atoms with E-state index in [0.29, 0.717) is 10.9 Å². The number of benzene rings is 7. The minimum Gasteiger partial charge on any atom is -0.309 e. The second-order valence-corrected chi connectivity index (χ2v) is 12.9. The number of rotatable bonds is 3. The fraction of sp³-hybridized carbons (Fsp3) is 0. The van der Waals surface area contributed by atoms with E-state index in [4.69, 9.17) is 14.1 Å². The number of hydrogen-bond acceptors (Lipinski definition) is 2. The minimum absolute atomic E-state index is 0.0702. The highest BCUT2D eigenvalue weighted by atomic mass is 15.2. The van der Waals surface area contributed by atoms with E-state index in [1.54, 1.807) is 0 Å². The quantitative estimate of drug-likeness (QED) is 0.190. The zero-order chi connectivity index (χ0) is 36.7. The lowest BCUT2D eigenvalue weighted by molar-refractivity contribution is 1.09. The molecule has 0 N–H and O–H groups in total. The second kappa shape index (κ2) is 9.74. The number of hydrogen-bond donors (Lipinski definition) is 0. The van der Waals surface area contributed by atoms with E-state index in [-0.39, 0.29) is 24.2 Å². The van der Waals surface area contributed by atoms with Gasteiger partial charge in [-0.3, -0.25) is 17.9 Å². The summed E-state index contributed by atoms with van der Waals surface area (Å²) < 4.78 is 46.4.